The summed E-state index contributed by atoms with van der Waals surface area (Å²) in [5.74, 6) is -1.65. The van der Waals surface area contributed by atoms with Gasteiger partial charge in [-0.3, -0.25) is 0 Å². The number of phenolic OH excluding ortho intramolecular Hbond substituents is 1. The number of aryl methyl sites for hydroxylation is 1. The van der Waals surface area contributed by atoms with Gasteiger partial charge in [-0.05, 0) is 44.1 Å². The molecule has 1 aromatic carbocycles. The first-order valence-corrected chi connectivity index (χ1v) is 12.5. The summed E-state index contributed by atoms with van der Waals surface area (Å²) >= 11 is 0. The van der Waals surface area contributed by atoms with E-state index in [0.29, 0.717) is 12.2 Å². The Morgan fingerprint density at radius 3 is 2.70 bits per heavy atom. The van der Waals surface area contributed by atoms with E-state index in [1.807, 2.05) is 12.1 Å². The Kier molecular flexibility index (Phi) is 4.91. The predicted octanol–water partition coefficient (Wildman–Crippen LogP) is -0.586. The standard InChI is InChI=1S/C25H29N3O9/c1-10-26-27-21(34-10)20-17(31)16(30)18(32)22(35-20)37-25(33)6-5-12-13-9-11-3-4-14(29)19-15(11)24(12,23(25)36-19)7-8-28(13)2/h3-6,12-13,16-18,20,22-23,29-33H,7-9H2,1-2H3/t12-,13+,16-,17-,18+,20?,22-,23+,24-,25-/m0/s1. The second-order valence-corrected chi connectivity index (χ2v) is 10.8. The van der Waals surface area contributed by atoms with Gasteiger partial charge in [-0.2, -0.15) is 0 Å². The van der Waals surface area contributed by atoms with Crippen molar-refractivity contribution in [2.24, 2.45) is 5.92 Å². The zero-order valence-corrected chi connectivity index (χ0v) is 20.3. The second-order valence-electron chi connectivity index (χ2n) is 10.8. The van der Waals surface area contributed by atoms with Crippen molar-refractivity contribution in [3.05, 3.63) is 47.2 Å². The molecule has 4 heterocycles. The largest absolute Gasteiger partial charge is 0.504 e. The molecule has 0 radical (unpaired) electrons. The third-order valence-corrected chi connectivity index (χ3v) is 8.85. The van der Waals surface area contributed by atoms with E-state index >= 15 is 0 Å². The number of aromatic nitrogens is 2. The third-order valence-electron chi connectivity index (χ3n) is 8.85. The maximum absolute atomic E-state index is 12.0. The zero-order valence-electron chi connectivity index (χ0n) is 20.3. The van der Waals surface area contributed by atoms with Crippen molar-refractivity contribution in [2.45, 2.75) is 73.8 Å². The van der Waals surface area contributed by atoms with Gasteiger partial charge in [-0.15, -0.1) is 10.2 Å². The van der Waals surface area contributed by atoms with Crippen LogP contribution in [0.3, 0.4) is 0 Å². The first-order chi connectivity index (χ1) is 17.6. The topological polar surface area (TPSA) is 171 Å². The molecule has 5 N–H and O–H groups in total. The monoisotopic (exact) mass is 515 g/mol. The Morgan fingerprint density at radius 2 is 1.95 bits per heavy atom. The summed E-state index contributed by atoms with van der Waals surface area (Å²) in [5.41, 5.74) is 1.27. The molecule has 198 valence electrons. The number of rotatable bonds is 3. The van der Waals surface area contributed by atoms with Crippen LogP contribution in [0.1, 0.15) is 35.4 Å². The molecule has 1 aromatic heterocycles. The SMILES string of the molecule is Cc1nnc(C2O[C@@H](O[C@@]3(O)C=C[C@H]4[C@H]5Cc6ccc(O)c7c6[C@@]4(CCN5C)[C@H]3O7)[C@H](O)[C@@H](O)[C@@H]2O)o1. The molecule has 7 rings (SSSR count). The van der Waals surface area contributed by atoms with Crippen molar-refractivity contribution >= 4 is 0 Å². The summed E-state index contributed by atoms with van der Waals surface area (Å²) in [5, 5.41) is 62.1. The molecule has 12 nitrogen and oxygen atoms in total. The van der Waals surface area contributed by atoms with Crippen LogP contribution in [0.25, 0.3) is 0 Å². The zero-order chi connectivity index (χ0) is 25.9. The molecular formula is C25H29N3O9. The summed E-state index contributed by atoms with van der Waals surface area (Å²) in [6.07, 6.45) is -3.95. The van der Waals surface area contributed by atoms with E-state index in [9.17, 15) is 25.5 Å². The second kappa shape index (κ2) is 7.73. The lowest BCUT2D eigenvalue weighted by molar-refractivity contribution is -0.369. The Balaban J connectivity index is 1.28. The number of likely N-dealkylation sites (tertiary alicyclic amines) is 1. The summed E-state index contributed by atoms with van der Waals surface area (Å²) in [4.78, 5) is 2.30. The molecule has 2 bridgehead atoms. The molecule has 1 spiro atoms. The Morgan fingerprint density at radius 1 is 1.14 bits per heavy atom. The minimum Gasteiger partial charge on any atom is -0.504 e. The molecule has 3 aliphatic heterocycles. The first-order valence-electron chi connectivity index (χ1n) is 12.5. The fourth-order valence-electron chi connectivity index (χ4n) is 7.13. The Hall–Kier alpha value is -2.58. The van der Waals surface area contributed by atoms with Gasteiger partial charge in [-0.1, -0.05) is 12.1 Å². The number of benzene rings is 1. The average molecular weight is 516 g/mol. The molecular weight excluding hydrogens is 486 g/mol. The minimum absolute atomic E-state index is 0.00518. The number of aromatic hydroxyl groups is 1. The van der Waals surface area contributed by atoms with Crippen LogP contribution in [-0.4, -0.2) is 96.8 Å². The van der Waals surface area contributed by atoms with Crippen LogP contribution in [0.5, 0.6) is 11.5 Å². The maximum atomic E-state index is 12.0. The lowest BCUT2D eigenvalue weighted by Gasteiger charge is -2.58. The number of aliphatic hydroxyl groups excluding tert-OH is 3. The van der Waals surface area contributed by atoms with Gasteiger partial charge in [0.25, 0.3) is 0 Å². The average Bonchev–Trinajstić information content (AvgIpc) is 3.46. The molecule has 0 saturated carbocycles. The molecule has 10 atom stereocenters. The molecule has 2 aromatic rings. The molecule has 5 aliphatic rings. The van der Waals surface area contributed by atoms with E-state index in [2.05, 4.69) is 22.1 Å². The Labute approximate surface area is 211 Å². The summed E-state index contributed by atoms with van der Waals surface area (Å²) in [7, 11) is 2.08. The van der Waals surface area contributed by atoms with Crippen LogP contribution in [0.4, 0.5) is 0 Å². The fraction of sp³-hybridized carbons (Fsp3) is 0.600. The van der Waals surface area contributed by atoms with Crippen LogP contribution < -0.4 is 4.74 Å². The normalized spacial score (nSPS) is 43.9. The number of piperidine rings is 1. The minimum atomic E-state index is -2.10. The molecule has 1 unspecified atom stereocenters. The van der Waals surface area contributed by atoms with Gasteiger partial charge in [0.05, 0.1) is 5.41 Å². The van der Waals surface area contributed by atoms with E-state index in [1.165, 1.54) is 6.08 Å². The molecule has 2 fully saturated rings. The van der Waals surface area contributed by atoms with Crippen molar-refractivity contribution in [1.82, 2.24) is 15.1 Å². The van der Waals surface area contributed by atoms with Crippen molar-refractivity contribution in [2.75, 3.05) is 13.6 Å². The van der Waals surface area contributed by atoms with Crippen molar-refractivity contribution in [3.63, 3.8) is 0 Å². The van der Waals surface area contributed by atoms with Gasteiger partial charge < -0.3 is 49.1 Å². The highest BCUT2D eigenvalue weighted by molar-refractivity contribution is 5.62. The lowest BCUT2D eigenvalue weighted by Crippen LogP contribution is -2.69. The van der Waals surface area contributed by atoms with Crippen molar-refractivity contribution < 1.29 is 44.2 Å². The van der Waals surface area contributed by atoms with Gasteiger partial charge in [-0.25, -0.2) is 0 Å². The van der Waals surface area contributed by atoms with E-state index in [1.54, 1.807) is 13.0 Å². The van der Waals surface area contributed by atoms with Gasteiger partial charge in [0.2, 0.25) is 17.6 Å². The summed E-state index contributed by atoms with van der Waals surface area (Å²) < 4.78 is 23.5. The molecule has 0 amide bonds. The number of ether oxygens (including phenoxy) is 3. The first kappa shape index (κ1) is 23.5. The van der Waals surface area contributed by atoms with E-state index in [-0.39, 0.29) is 29.5 Å². The van der Waals surface area contributed by atoms with Crippen molar-refractivity contribution in [1.29, 1.82) is 0 Å². The van der Waals surface area contributed by atoms with E-state index < -0.39 is 48.0 Å². The number of nitrogens with zero attached hydrogens (tertiary/aromatic N) is 3. The molecule has 12 heteroatoms. The van der Waals surface area contributed by atoms with Gasteiger partial charge in [0.1, 0.15) is 18.3 Å². The van der Waals surface area contributed by atoms with Gasteiger partial charge >= 0.3 is 0 Å². The van der Waals surface area contributed by atoms with Gasteiger partial charge in [0.15, 0.2) is 30.0 Å². The maximum Gasteiger partial charge on any atom is 0.248 e. The molecule has 2 aliphatic carbocycles. The Bertz CT molecular complexity index is 1280. The van der Waals surface area contributed by atoms with Crippen molar-refractivity contribution in [3.8, 4) is 11.5 Å². The molecule has 2 saturated heterocycles. The molecule has 37 heavy (non-hydrogen) atoms. The van der Waals surface area contributed by atoms with Crippen LogP contribution >= 0.6 is 0 Å². The smallest absolute Gasteiger partial charge is 0.248 e. The highest BCUT2D eigenvalue weighted by Crippen LogP contribution is 2.64. The highest BCUT2D eigenvalue weighted by atomic mass is 16.8. The number of hydrogen-bond donors (Lipinski definition) is 5. The van der Waals surface area contributed by atoms with E-state index in [0.717, 1.165) is 24.1 Å². The van der Waals surface area contributed by atoms with Gasteiger partial charge in [0, 0.05) is 24.4 Å². The third kappa shape index (κ3) is 3.03. The number of likely N-dealkylation sites (N-methyl/N-ethyl adjacent to an activating group) is 1. The van der Waals surface area contributed by atoms with Crippen LogP contribution in [-0.2, 0) is 21.3 Å². The quantitative estimate of drug-likeness (QED) is 0.260. The van der Waals surface area contributed by atoms with E-state index in [4.69, 9.17) is 18.6 Å². The van der Waals surface area contributed by atoms with Crippen LogP contribution in [0.15, 0.2) is 28.7 Å². The summed E-state index contributed by atoms with van der Waals surface area (Å²) in [6, 6.07) is 3.68. The number of aliphatic hydroxyl groups is 4. The van der Waals surface area contributed by atoms with Crippen LogP contribution in [0, 0.1) is 12.8 Å². The fourth-order valence-corrected chi connectivity index (χ4v) is 7.13. The highest BCUT2D eigenvalue weighted by Gasteiger charge is 2.69. The number of hydrogen-bond acceptors (Lipinski definition) is 12. The van der Waals surface area contributed by atoms with Crippen LogP contribution in [0.2, 0.25) is 0 Å². The number of phenols is 1. The summed E-state index contributed by atoms with van der Waals surface area (Å²) in [6.45, 7) is 2.32. The lowest BCUT2D eigenvalue weighted by atomic mass is 9.52. The predicted molar refractivity (Wildman–Crippen MR) is 122 cm³/mol.